The van der Waals surface area contributed by atoms with Crippen LogP contribution in [0.25, 0.3) is 22.0 Å². The highest BCUT2D eigenvalue weighted by atomic mass is 16.2. The van der Waals surface area contributed by atoms with Crippen molar-refractivity contribution in [1.29, 1.82) is 0 Å². The minimum atomic E-state index is -0.0970. The van der Waals surface area contributed by atoms with Gasteiger partial charge in [0.05, 0.1) is 24.0 Å². The zero-order valence-electron chi connectivity index (χ0n) is 19.3. The monoisotopic (exact) mass is 435 g/mol. The minimum Gasteiger partial charge on any atom is -0.298 e. The van der Waals surface area contributed by atoms with Gasteiger partial charge in [-0.15, -0.1) is 0 Å². The molecule has 1 amide bonds. The predicted molar refractivity (Wildman–Crippen MR) is 127 cm³/mol. The van der Waals surface area contributed by atoms with E-state index >= 15 is 0 Å². The number of fused-ring (bicyclic) bond motifs is 1. The lowest BCUT2D eigenvalue weighted by atomic mass is 10.0. The number of hydrogen-bond donors (Lipinski definition) is 1. The molecule has 1 aliphatic rings. The number of hydrogen-bond acceptors (Lipinski definition) is 6. The molecule has 0 saturated carbocycles. The summed E-state index contributed by atoms with van der Waals surface area (Å²) in [6.45, 7) is 9.28. The fourth-order valence-electron chi connectivity index (χ4n) is 4.29. The standard InChI is InChI=1S/C24H33N7O/c1-4-30(5-2)17-23(32)28-24-25-14-19-10-9-18(13-21(19)27-24)20-15-26-29(3)22(20)16-31-11-7-6-8-12-31/h9-10,13-15H,4-8,11-12,16-17H2,1-3H3,(H,25,27,28,32). The molecule has 1 N–H and O–H groups in total. The van der Waals surface area contributed by atoms with E-state index in [0.29, 0.717) is 12.5 Å². The zero-order chi connectivity index (χ0) is 22.5. The Morgan fingerprint density at radius 1 is 1.12 bits per heavy atom. The first-order valence-electron chi connectivity index (χ1n) is 11.6. The number of anilines is 1. The zero-order valence-corrected chi connectivity index (χ0v) is 19.3. The molecule has 0 radical (unpaired) electrons. The van der Waals surface area contributed by atoms with Crippen LogP contribution in [0, 0.1) is 0 Å². The lowest BCUT2D eigenvalue weighted by Gasteiger charge is -2.26. The van der Waals surface area contributed by atoms with Gasteiger partial charge in [-0.25, -0.2) is 9.97 Å². The number of amides is 1. The molecule has 0 aliphatic carbocycles. The second-order valence-electron chi connectivity index (χ2n) is 8.44. The van der Waals surface area contributed by atoms with Gasteiger partial charge >= 0.3 is 0 Å². The van der Waals surface area contributed by atoms with Crippen LogP contribution >= 0.6 is 0 Å². The van der Waals surface area contributed by atoms with Gasteiger partial charge in [0.25, 0.3) is 0 Å². The molecule has 2 aromatic heterocycles. The van der Waals surface area contributed by atoms with Gasteiger partial charge < -0.3 is 0 Å². The number of carbonyl (C=O) groups excluding carboxylic acids is 1. The van der Waals surface area contributed by atoms with Gasteiger partial charge in [-0.2, -0.15) is 5.10 Å². The SMILES string of the molecule is CCN(CC)CC(=O)Nc1ncc2ccc(-c3cnn(C)c3CN3CCCCC3)cc2n1. The summed E-state index contributed by atoms with van der Waals surface area (Å²) in [5.41, 5.74) is 4.24. The summed E-state index contributed by atoms with van der Waals surface area (Å²) in [5, 5.41) is 8.31. The van der Waals surface area contributed by atoms with E-state index in [9.17, 15) is 4.79 Å². The molecule has 1 saturated heterocycles. The molecule has 0 bridgehead atoms. The number of piperidine rings is 1. The van der Waals surface area contributed by atoms with Crippen LogP contribution in [0.5, 0.6) is 0 Å². The Hall–Kier alpha value is -2.84. The quantitative estimate of drug-likeness (QED) is 0.585. The van der Waals surface area contributed by atoms with Gasteiger partial charge in [0, 0.05) is 30.7 Å². The summed E-state index contributed by atoms with van der Waals surface area (Å²) in [6.07, 6.45) is 7.56. The van der Waals surface area contributed by atoms with Crippen molar-refractivity contribution in [2.45, 2.75) is 39.7 Å². The summed E-state index contributed by atoms with van der Waals surface area (Å²) in [6, 6.07) is 6.19. The van der Waals surface area contributed by atoms with Crippen LogP contribution in [0.3, 0.4) is 0 Å². The van der Waals surface area contributed by atoms with Crippen molar-refractivity contribution in [1.82, 2.24) is 29.5 Å². The van der Waals surface area contributed by atoms with Crippen molar-refractivity contribution < 1.29 is 4.79 Å². The van der Waals surface area contributed by atoms with Crippen LogP contribution in [0.2, 0.25) is 0 Å². The maximum absolute atomic E-state index is 12.4. The molecular formula is C24H33N7O. The largest absolute Gasteiger partial charge is 0.298 e. The first kappa shape index (κ1) is 22.4. The molecule has 4 rings (SSSR count). The molecule has 1 fully saturated rings. The van der Waals surface area contributed by atoms with E-state index in [2.05, 4.69) is 42.3 Å². The van der Waals surface area contributed by atoms with Gasteiger partial charge in [-0.1, -0.05) is 32.4 Å². The predicted octanol–water partition coefficient (Wildman–Crippen LogP) is 3.30. The van der Waals surface area contributed by atoms with Crippen LogP contribution in [-0.4, -0.2) is 68.2 Å². The molecule has 170 valence electrons. The molecule has 1 aromatic carbocycles. The average molecular weight is 436 g/mol. The number of nitrogens with one attached hydrogen (secondary N) is 1. The maximum atomic E-state index is 12.4. The number of aryl methyl sites for hydroxylation is 1. The van der Waals surface area contributed by atoms with Crippen molar-refractivity contribution in [3.05, 3.63) is 36.3 Å². The first-order chi connectivity index (χ1) is 15.6. The summed E-state index contributed by atoms with van der Waals surface area (Å²) in [5.74, 6) is 0.242. The van der Waals surface area contributed by atoms with E-state index < -0.39 is 0 Å². The van der Waals surface area contributed by atoms with E-state index in [-0.39, 0.29) is 5.91 Å². The van der Waals surface area contributed by atoms with Crippen LogP contribution < -0.4 is 5.32 Å². The topological polar surface area (TPSA) is 79.2 Å². The third-order valence-corrected chi connectivity index (χ3v) is 6.29. The van der Waals surface area contributed by atoms with Gasteiger partial charge in [0.2, 0.25) is 11.9 Å². The van der Waals surface area contributed by atoms with Gasteiger partial charge in [-0.3, -0.25) is 24.6 Å². The molecule has 1 aliphatic heterocycles. The third-order valence-electron chi connectivity index (χ3n) is 6.29. The highest BCUT2D eigenvalue weighted by molar-refractivity contribution is 5.92. The number of nitrogens with zero attached hydrogens (tertiary/aromatic N) is 6. The summed E-state index contributed by atoms with van der Waals surface area (Å²) >= 11 is 0. The van der Waals surface area contributed by atoms with Crippen molar-refractivity contribution >= 4 is 22.8 Å². The Bertz CT molecular complexity index is 1070. The van der Waals surface area contributed by atoms with E-state index in [1.165, 1.54) is 25.0 Å². The van der Waals surface area contributed by atoms with Crippen molar-refractivity contribution in [2.75, 3.05) is 38.0 Å². The number of aromatic nitrogens is 4. The Labute approximate surface area is 189 Å². The number of carbonyl (C=O) groups is 1. The minimum absolute atomic E-state index is 0.0970. The lowest BCUT2D eigenvalue weighted by Crippen LogP contribution is -2.33. The van der Waals surface area contributed by atoms with Crippen LogP contribution in [0.4, 0.5) is 5.95 Å². The molecule has 0 spiro atoms. The van der Waals surface area contributed by atoms with Crippen LogP contribution in [0.1, 0.15) is 38.8 Å². The number of benzene rings is 1. The van der Waals surface area contributed by atoms with Gasteiger partial charge in [0.1, 0.15) is 0 Å². The molecule has 8 nitrogen and oxygen atoms in total. The molecule has 8 heteroatoms. The third kappa shape index (κ3) is 5.14. The number of rotatable bonds is 8. The highest BCUT2D eigenvalue weighted by Crippen LogP contribution is 2.28. The Kier molecular flexibility index (Phi) is 7.12. The Morgan fingerprint density at radius 3 is 2.66 bits per heavy atom. The first-order valence-corrected chi connectivity index (χ1v) is 11.6. The molecule has 3 aromatic rings. The molecule has 0 atom stereocenters. The van der Waals surface area contributed by atoms with E-state index in [1.54, 1.807) is 6.20 Å². The fourth-order valence-corrected chi connectivity index (χ4v) is 4.29. The normalized spacial score (nSPS) is 14.9. The van der Waals surface area contributed by atoms with Crippen LogP contribution in [0.15, 0.2) is 30.6 Å². The second kappa shape index (κ2) is 10.2. The molecular weight excluding hydrogens is 402 g/mol. The number of likely N-dealkylation sites (tertiary alicyclic amines) is 1. The van der Waals surface area contributed by atoms with E-state index in [4.69, 9.17) is 0 Å². The van der Waals surface area contributed by atoms with E-state index in [1.807, 2.05) is 37.8 Å². The summed E-state index contributed by atoms with van der Waals surface area (Å²) in [7, 11) is 2.01. The van der Waals surface area contributed by atoms with Gasteiger partial charge in [0.15, 0.2) is 0 Å². The Balaban J connectivity index is 1.56. The maximum Gasteiger partial charge on any atom is 0.240 e. The summed E-state index contributed by atoms with van der Waals surface area (Å²) in [4.78, 5) is 25.9. The van der Waals surface area contributed by atoms with Crippen molar-refractivity contribution in [2.24, 2.45) is 7.05 Å². The van der Waals surface area contributed by atoms with Gasteiger partial charge in [-0.05, 0) is 50.7 Å². The number of likely N-dealkylation sites (N-methyl/N-ethyl adjacent to an activating group) is 1. The Morgan fingerprint density at radius 2 is 1.91 bits per heavy atom. The smallest absolute Gasteiger partial charge is 0.240 e. The van der Waals surface area contributed by atoms with Crippen molar-refractivity contribution in [3.63, 3.8) is 0 Å². The lowest BCUT2D eigenvalue weighted by molar-refractivity contribution is -0.117. The molecule has 0 unspecified atom stereocenters. The van der Waals surface area contributed by atoms with E-state index in [0.717, 1.165) is 54.8 Å². The summed E-state index contributed by atoms with van der Waals surface area (Å²) < 4.78 is 1.98. The molecule has 3 heterocycles. The second-order valence-corrected chi connectivity index (χ2v) is 8.44. The highest BCUT2D eigenvalue weighted by Gasteiger charge is 2.17. The van der Waals surface area contributed by atoms with Crippen molar-refractivity contribution in [3.8, 4) is 11.1 Å². The average Bonchev–Trinajstić information content (AvgIpc) is 3.17. The fraction of sp³-hybridized carbons (Fsp3) is 0.500. The molecule has 32 heavy (non-hydrogen) atoms. The van der Waals surface area contributed by atoms with Crippen LogP contribution in [-0.2, 0) is 18.4 Å².